The van der Waals surface area contributed by atoms with Crippen molar-refractivity contribution in [2.75, 3.05) is 0 Å². The van der Waals surface area contributed by atoms with E-state index in [1.807, 2.05) is 0 Å². The van der Waals surface area contributed by atoms with E-state index in [-0.39, 0.29) is 27.6 Å². The number of amides is 2. The molecular weight excluding hydrogens is 467 g/mol. The van der Waals surface area contributed by atoms with Gasteiger partial charge in [0.25, 0.3) is 5.69 Å². The second-order valence-corrected chi connectivity index (χ2v) is 8.12. The van der Waals surface area contributed by atoms with E-state index in [2.05, 4.69) is 5.32 Å². The van der Waals surface area contributed by atoms with Crippen molar-refractivity contribution in [2.45, 2.75) is 17.9 Å². The molecule has 33 heavy (non-hydrogen) atoms. The number of nitro groups is 1. The molecule has 172 valence electrons. The van der Waals surface area contributed by atoms with Crippen molar-refractivity contribution in [3.05, 3.63) is 74.7 Å². The zero-order chi connectivity index (χ0) is 24.0. The van der Waals surface area contributed by atoms with Gasteiger partial charge in [0.15, 0.2) is 5.78 Å². The monoisotopic (exact) mass is 481 g/mol. The van der Waals surface area contributed by atoms with Gasteiger partial charge in [-0.25, -0.2) is 4.79 Å². The number of hydrogen-bond donors (Lipinski definition) is 3. The van der Waals surface area contributed by atoms with E-state index < -0.39 is 40.6 Å². The number of alkyl halides is 3. The topological polar surface area (TPSA) is 135 Å². The summed E-state index contributed by atoms with van der Waals surface area (Å²) in [5, 5.41) is 26.7. The van der Waals surface area contributed by atoms with Gasteiger partial charge in [0.05, 0.1) is 9.80 Å². The van der Waals surface area contributed by atoms with Gasteiger partial charge in [0, 0.05) is 17.7 Å². The van der Waals surface area contributed by atoms with E-state index >= 15 is 0 Å². The average Bonchev–Trinajstić information content (AvgIpc) is 3.44. The minimum Gasteiger partial charge on any atom is -0.459 e. The van der Waals surface area contributed by atoms with Crippen LogP contribution >= 0.6 is 11.3 Å². The largest absolute Gasteiger partial charge is 0.459 e. The molecule has 1 aliphatic heterocycles. The summed E-state index contributed by atoms with van der Waals surface area (Å²) in [7, 11) is 0. The lowest BCUT2D eigenvalue weighted by Crippen LogP contribution is -2.72. The maximum atomic E-state index is 13.9. The number of rotatable bonds is 5. The number of nitrogens with zero attached hydrogens (tertiary/aromatic N) is 1. The highest BCUT2D eigenvalue weighted by atomic mass is 32.1. The second-order valence-electron chi connectivity index (χ2n) is 7.17. The molecule has 13 heteroatoms. The smallest absolute Gasteiger partial charge is 0.437 e. The Balaban J connectivity index is 1.79. The Bertz CT molecular complexity index is 1230. The first-order chi connectivity index (χ1) is 15.5. The summed E-state index contributed by atoms with van der Waals surface area (Å²) in [6, 6.07) is 7.61. The summed E-state index contributed by atoms with van der Waals surface area (Å²) >= 11 is 0.878. The highest BCUT2D eigenvalue weighted by Gasteiger charge is 2.67. The molecule has 0 aliphatic carbocycles. The minimum absolute atomic E-state index is 0.0550. The van der Waals surface area contributed by atoms with E-state index in [4.69, 9.17) is 4.42 Å². The van der Waals surface area contributed by atoms with Gasteiger partial charge in [0.1, 0.15) is 23.5 Å². The number of nitro benzene ring substituents is 1. The van der Waals surface area contributed by atoms with Crippen molar-refractivity contribution in [1.82, 2.24) is 10.6 Å². The zero-order valence-electron chi connectivity index (χ0n) is 16.3. The predicted molar refractivity (Wildman–Crippen MR) is 108 cm³/mol. The van der Waals surface area contributed by atoms with Crippen molar-refractivity contribution in [1.29, 1.82) is 0 Å². The molecule has 0 saturated carbocycles. The number of benzene rings is 1. The first kappa shape index (κ1) is 22.5. The standard InChI is InChI=1S/C20H14F3N3O6S/c21-20(22,23)19(29)15(17(27)14-5-2-8-33-14)16(24-18(28)25-19)13-7-6-12(32-13)10-3-1-4-11(9-10)26(30)31/h1-9,15-16,29H,(H2,24,25,28)/t15-,16-,19+/m0/s1. The molecule has 1 saturated heterocycles. The van der Waals surface area contributed by atoms with Gasteiger partial charge in [-0.3, -0.25) is 14.9 Å². The number of non-ortho nitro benzene ring substituents is 1. The number of thiophene rings is 1. The number of hydrogen-bond acceptors (Lipinski definition) is 7. The highest BCUT2D eigenvalue weighted by Crippen LogP contribution is 2.45. The molecular formula is C20H14F3N3O6S. The van der Waals surface area contributed by atoms with Crippen LogP contribution in [0.1, 0.15) is 21.5 Å². The number of carbonyl (C=O) groups excluding carboxylic acids is 2. The SMILES string of the molecule is O=C1N[C@@H](c2ccc(-c3cccc([N+](=O)[O-])c3)o2)[C@@H](C(=O)c2cccs2)[C@@](O)(C(F)(F)F)N1. The molecule has 3 N–H and O–H groups in total. The van der Waals surface area contributed by atoms with Crippen LogP contribution in [0.5, 0.6) is 0 Å². The lowest BCUT2D eigenvalue weighted by atomic mass is 9.80. The summed E-state index contributed by atoms with van der Waals surface area (Å²) < 4.78 is 47.3. The molecule has 0 bridgehead atoms. The Morgan fingerprint density at radius 2 is 1.97 bits per heavy atom. The van der Waals surface area contributed by atoms with Crippen LogP contribution in [0.3, 0.4) is 0 Å². The number of ketones is 1. The van der Waals surface area contributed by atoms with E-state index in [0.717, 1.165) is 11.3 Å². The lowest BCUT2D eigenvalue weighted by molar-refractivity contribution is -0.384. The zero-order valence-corrected chi connectivity index (χ0v) is 17.1. The van der Waals surface area contributed by atoms with E-state index in [1.165, 1.54) is 59.2 Å². The normalized spacial score (nSPS) is 23.0. The number of halogens is 3. The molecule has 0 radical (unpaired) electrons. The Morgan fingerprint density at radius 3 is 2.61 bits per heavy atom. The lowest BCUT2D eigenvalue weighted by Gasteiger charge is -2.44. The average molecular weight is 481 g/mol. The predicted octanol–water partition coefficient (Wildman–Crippen LogP) is 4.02. The fourth-order valence-electron chi connectivity index (χ4n) is 3.60. The van der Waals surface area contributed by atoms with Gasteiger partial charge < -0.3 is 20.2 Å². The Morgan fingerprint density at radius 1 is 1.21 bits per heavy atom. The molecule has 3 heterocycles. The molecule has 2 amide bonds. The maximum absolute atomic E-state index is 13.9. The molecule has 0 unspecified atom stereocenters. The summed E-state index contributed by atoms with van der Waals surface area (Å²) in [5.41, 5.74) is -3.86. The molecule has 1 aliphatic rings. The molecule has 1 aromatic carbocycles. The third kappa shape index (κ3) is 3.96. The van der Waals surface area contributed by atoms with Crippen molar-refractivity contribution in [3.63, 3.8) is 0 Å². The number of carbonyl (C=O) groups is 2. The van der Waals surface area contributed by atoms with Gasteiger partial charge in [-0.2, -0.15) is 13.2 Å². The van der Waals surface area contributed by atoms with Crippen molar-refractivity contribution in [3.8, 4) is 11.3 Å². The Labute approximate surface area is 187 Å². The fraction of sp³-hybridized carbons (Fsp3) is 0.200. The van der Waals surface area contributed by atoms with Crippen molar-refractivity contribution in [2.24, 2.45) is 5.92 Å². The quantitative estimate of drug-likeness (QED) is 0.286. The second kappa shape index (κ2) is 8.01. The Hall–Kier alpha value is -3.71. The van der Waals surface area contributed by atoms with Gasteiger partial charge in [0.2, 0.25) is 5.72 Å². The third-order valence-corrected chi connectivity index (χ3v) is 6.01. The van der Waals surface area contributed by atoms with Gasteiger partial charge in [-0.15, -0.1) is 11.3 Å². The molecule has 4 rings (SSSR count). The van der Waals surface area contributed by atoms with E-state index in [9.17, 15) is 38.0 Å². The Kier molecular flexibility index (Phi) is 5.46. The number of nitrogens with one attached hydrogen (secondary N) is 2. The number of furan rings is 1. The van der Waals surface area contributed by atoms with Crippen LogP contribution in [0, 0.1) is 16.0 Å². The maximum Gasteiger partial charge on any atom is 0.437 e. The molecule has 3 aromatic rings. The molecule has 0 spiro atoms. The van der Waals surface area contributed by atoms with Crippen LogP contribution in [-0.2, 0) is 0 Å². The minimum atomic E-state index is -5.39. The third-order valence-electron chi connectivity index (χ3n) is 5.13. The van der Waals surface area contributed by atoms with Gasteiger partial charge >= 0.3 is 12.2 Å². The van der Waals surface area contributed by atoms with Crippen LogP contribution in [-0.4, -0.2) is 33.7 Å². The fourth-order valence-corrected chi connectivity index (χ4v) is 4.30. The number of aliphatic hydroxyl groups is 1. The van der Waals surface area contributed by atoms with Crippen LogP contribution in [0.15, 0.2) is 58.3 Å². The molecule has 3 atom stereocenters. The summed E-state index contributed by atoms with van der Waals surface area (Å²) in [5.74, 6) is -3.48. The van der Waals surface area contributed by atoms with Crippen LogP contribution < -0.4 is 10.6 Å². The van der Waals surface area contributed by atoms with Crippen LogP contribution in [0.4, 0.5) is 23.7 Å². The van der Waals surface area contributed by atoms with Crippen LogP contribution in [0.2, 0.25) is 0 Å². The molecule has 9 nitrogen and oxygen atoms in total. The first-order valence-electron chi connectivity index (χ1n) is 9.31. The van der Waals surface area contributed by atoms with Crippen molar-refractivity contribution < 1.29 is 37.2 Å². The number of Topliss-reactive ketones (excluding diaryl/α,β-unsaturated/α-hetero) is 1. The van der Waals surface area contributed by atoms with E-state index in [1.54, 1.807) is 0 Å². The first-order valence-corrected chi connectivity index (χ1v) is 10.2. The molecule has 1 fully saturated rings. The highest BCUT2D eigenvalue weighted by molar-refractivity contribution is 7.12. The number of urea groups is 1. The van der Waals surface area contributed by atoms with Gasteiger partial charge in [-0.1, -0.05) is 18.2 Å². The van der Waals surface area contributed by atoms with E-state index in [0.29, 0.717) is 0 Å². The van der Waals surface area contributed by atoms with Crippen LogP contribution in [0.25, 0.3) is 11.3 Å². The van der Waals surface area contributed by atoms with Crippen molar-refractivity contribution >= 4 is 28.8 Å². The summed E-state index contributed by atoms with van der Waals surface area (Å²) in [6.45, 7) is 0. The molecule has 2 aromatic heterocycles. The summed E-state index contributed by atoms with van der Waals surface area (Å²) in [4.78, 5) is 35.4. The summed E-state index contributed by atoms with van der Waals surface area (Å²) in [6.07, 6.45) is -5.39. The van der Waals surface area contributed by atoms with Gasteiger partial charge in [-0.05, 0) is 23.6 Å².